The van der Waals surface area contributed by atoms with Crippen LogP contribution in [-0.4, -0.2) is 16.6 Å². The number of unbranched alkanes of at least 4 members (excludes halogenated alkanes) is 13. The van der Waals surface area contributed by atoms with Crippen molar-refractivity contribution in [1.29, 1.82) is 0 Å². The van der Waals surface area contributed by atoms with Crippen LogP contribution in [0.4, 0.5) is 5.82 Å². The first-order chi connectivity index (χ1) is 12.3. The zero-order valence-electron chi connectivity index (χ0n) is 16.0. The molecule has 0 aliphatic heterocycles. The molecule has 1 rings (SSSR count). The second kappa shape index (κ2) is 16.1. The molecule has 2 N–H and O–H groups in total. The van der Waals surface area contributed by atoms with E-state index in [-0.39, 0.29) is 5.69 Å². The molecule has 0 unspecified atom stereocenters. The second-order valence-corrected chi connectivity index (χ2v) is 6.84. The lowest BCUT2D eigenvalue weighted by Crippen LogP contribution is -2.13. The van der Waals surface area contributed by atoms with Crippen LogP contribution in [0.25, 0.3) is 0 Å². The predicted molar refractivity (Wildman–Crippen MR) is 105 cm³/mol. The van der Waals surface area contributed by atoms with Crippen molar-refractivity contribution in [2.45, 2.75) is 96.8 Å². The van der Waals surface area contributed by atoms with Crippen LogP contribution in [0.3, 0.4) is 0 Å². The molecule has 0 aromatic carbocycles. The molecule has 0 aliphatic rings. The molecule has 0 fully saturated rings. The van der Waals surface area contributed by atoms with Gasteiger partial charge in [-0.1, -0.05) is 90.4 Å². The van der Waals surface area contributed by atoms with Crippen molar-refractivity contribution < 1.29 is 4.84 Å². The minimum atomic E-state index is -0.370. The zero-order chi connectivity index (χ0) is 18.0. The molecule has 5 heteroatoms. The summed E-state index contributed by atoms with van der Waals surface area (Å²) in [6, 6.07) is 1.67. The number of H-pyrrole nitrogens is 1. The lowest BCUT2D eigenvalue weighted by molar-refractivity contribution is 0.186. The first-order valence-corrected chi connectivity index (χ1v) is 10.3. The first kappa shape index (κ1) is 21.7. The summed E-state index contributed by atoms with van der Waals surface area (Å²) >= 11 is 0. The van der Waals surface area contributed by atoms with E-state index in [2.05, 4.69) is 22.4 Å². The number of nitrogens with zero attached hydrogens (tertiary/aromatic N) is 1. The van der Waals surface area contributed by atoms with Gasteiger partial charge in [0.15, 0.2) is 0 Å². The summed E-state index contributed by atoms with van der Waals surface area (Å²) < 4.78 is 0. The number of aromatic nitrogens is 2. The quantitative estimate of drug-likeness (QED) is 0.283. The highest BCUT2D eigenvalue weighted by Gasteiger charge is 1.95. The van der Waals surface area contributed by atoms with Gasteiger partial charge in [-0.3, -0.25) is 15.3 Å². The van der Waals surface area contributed by atoms with Gasteiger partial charge in [-0.2, -0.15) is 0 Å². The highest BCUT2D eigenvalue weighted by molar-refractivity contribution is 5.27. The number of hydrogen-bond donors (Lipinski definition) is 2. The van der Waals surface area contributed by atoms with Crippen molar-refractivity contribution in [3.05, 3.63) is 22.7 Å². The molecule has 0 saturated carbocycles. The number of anilines is 1. The number of aromatic amines is 1. The van der Waals surface area contributed by atoms with Crippen LogP contribution in [0.1, 0.15) is 96.8 Å². The van der Waals surface area contributed by atoms with Gasteiger partial charge in [0.05, 0.1) is 6.61 Å². The number of nitrogens with one attached hydrogen (secondary N) is 2. The van der Waals surface area contributed by atoms with E-state index in [4.69, 9.17) is 4.84 Å². The van der Waals surface area contributed by atoms with Crippen LogP contribution in [0.2, 0.25) is 0 Å². The Balaban J connectivity index is 1.75. The topological polar surface area (TPSA) is 67.0 Å². The summed E-state index contributed by atoms with van der Waals surface area (Å²) in [6.07, 6.45) is 20.4. The summed E-state index contributed by atoms with van der Waals surface area (Å²) in [6.45, 7) is 2.93. The average Bonchev–Trinajstić information content (AvgIpc) is 2.61. The molecule has 0 saturated heterocycles. The highest BCUT2D eigenvalue weighted by Crippen LogP contribution is 2.12. The summed E-state index contributed by atoms with van der Waals surface area (Å²) in [5, 5.41) is 0. The Kier molecular flexibility index (Phi) is 14.0. The van der Waals surface area contributed by atoms with Gasteiger partial charge in [-0.15, -0.1) is 0 Å². The Bertz CT molecular complexity index is 462. The van der Waals surface area contributed by atoms with E-state index in [9.17, 15) is 4.79 Å². The minimum absolute atomic E-state index is 0.370. The Morgan fingerprint density at radius 3 is 1.92 bits per heavy atom. The highest BCUT2D eigenvalue weighted by atomic mass is 16.6. The van der Waals surface area contributed by atoms with E-state index in [1.807, 2.05) is 0 Å². The summed E-state index contributed by atoms with van der Waals surface area (Å²) in [4.78, 5) is 22.4. The third-order valence-electron chi connectivity index (χ3n) is 4.46. The second-order valence-electron chi connectivity index (χ2n) is 6.84. The molecule has 1 aromatic heterocycles. The third-order valence-corrected chi connectivity index (χ3v) is 4.46. The summed E-state index contributed by atoms with van der Waals surface area (Å²) in [7, 11) is 0. The van der Waals surface area contributed by atoms with E-state index in [0.717, 1.165) is 6.42 Å². The van der Waals surface area contributed by atoms with Crippen LogP contribution in [0.15, 0.2) is 17.1 Å². The molecule has 0 spiro atoms. The predicted octanol–water partition coefficient (Wildman–Crippen LogP) is 5.59. The van der Waals surface area contributed by atoms with Gasteiger partial charge in [0.25, 0.3) is 0 Å². The Morgan fingerprint density at radius 1 is 0.880 bits per heavy atom. The fraction of sp³-hybridized carbons (Fsp3) is 0.800. The van der Waals surface area contributed by atoms with Gasteiger partial charge < -0.3 is 0 Å². The summed E-state index contributed by atoms with van der Waals surface area (Å²) in [5.41, 5.74) is 2.37. The van der Waals surface area contributed by atoms with Crippen molar-refractivity contribution in [3.63, 3.8) is 0 Å². The number of hydrogen-bond acceptors (Lipinski definition) is 4. The Hall–Kier alpha value is -1.36. The maximum absolute atomic E-state index is 11.0. The van der Waals surface area contributed by atoms with Gasteiger partial charge in [-0.25, -0.2) is 9.78 Å². The van der Waals surface area contributed by atoms with E-state index >= 15 is 0 Å². The van der Waals surface area contributed by atoms with E-state index in [0.29, 0.717) is 12.4 Å². The molecule has 25 heavy (non-hydrogen) atoms. The van der Waals surface area contributed by atoms with Gasteiger partial charge in [-0.05, 0) is 12.5 Å². The molecule has 144 valence electrons. The van der Waals surface area contributed by atoms with Crippen molar-refractivity contribution in [2.75, 3.05) is 12.1 Å². The van der Waals surface area contributed by atoms with Crippen LogP contribution < -0.4 is 11.2 Å². The SMILES string of the molecule is CCCCCCCCCCCCCCCCONc1ccnc(=O)[nH]1. The largest absolute Gasteiger partial charge is 0.346 e. The minimum Gasteiger partial charge on any atom is -0.291 e. The molecule has 1 aromatic rings. The molecule has 0 amide bonds. The van der Waals surface area contributed by atoms with Crippen molar-refractivity contribution >= 4 is 5.82 Å². The normalized spacial score (nSPS) is 10.9. The maximum Gasteiger partial charge on any atom is 0.346 e. The average molecular weight is 352 g/mol. The Morgan fingerprint density at radius 2 is 1.40 bits per heavy atom. The molecule has 0 atom stereocenters. The fourth-order valence-corrected chi connectivity index (χ4v) is 2.93. The van der Waals surface area contributed by atoms with Crippen molar-refractivity contribution in [3.8, 4) is 0 Å². The summed E-state index contributed by atoms with van der Waals surface area (Å²) in [5.74, 6) is 0.547. The fourth-order valence-electron chi connectivity index (χ4n) is 2.93. The van der Waals surface area contributed by atoms with E-state index in [1.165, 1.54) is 89.7 Å². The monoisotopic (exact) mass is 351 g/mol. The van der Waals surface area contributed by atoms with Crippen molar-refractivity contribution in [2.24, 2.45) is 0 Å². The van der Waals surface area contributed by atoms with E-state index < -0.39 is 0 Å². The zero-order valence-corrected chi connectivity index (χ0v) is 16.0. The van der Waals surface area contributed by atoms with Gasteiger partial charge in [0.2, 0.25) is 0 Å². The molecular formula is C20H37N3O2. The van der Waals surface area contributed by atoms with Crippen LogP contribution >= 0.6 is 0 Å². The van der Waals surface area contributed by atoms with Crippen LogP contribution in [-0.2, 0) is 4.84 Å². The molecule has 0 radical (unpaired) electrons. The van der Waals surface area contributed by atoms with Crippen molar-refractivity contribution in [1.82, 2.24) is 9.97 Å². The Labute approximate surface area is 152 Å². The van der Waals surface area contributed by atoms with Crippen LogP contribution in [0, 0.1) is 0 Å². The standard InChI is InChI=1S/C20H37N3O2/c1-2-3-4-5-6-7-8-9-10-11-12-13-14-15-18-25-23-19-16-17-21-20(24)22-19/h16-17H,2-15,18H2,1H3,(H2,21,22,23,24). The lowest BCUT2D eigenvalue weighted by Gasteiger charge is -2.06. The first-order valence-electron chi connectivity index (χ1n) is 10.3. The molecule has 5 nitrogen and oxygen atoms in total. The van der Waals surface area contributed by atoms with Crippen LogP contribution in [0.5, 0.6) is 0 Å². The van der Waals surface area contributed by atoms with E-state index in [1.54, 1.807) is 6.07 Å². The maximum atomic E-state index is 11.0. The van der Waals surface area contributed by atoms with Gasteiger partial charge in [0.1, 0.15) is 5.82 Å². The smallest absolute Gasteiger partial charge is 0.291 e. The molecular weight excluding hydrogens is 314 g/mol. The third kappa shape index (κ3) is 13.6. The number of rotatable bonds is 17. The molecule has 0 bridgehead atoms. The van der Waals surface area contributed by atoms with Gasteiger partial charge in [0, 0.05) is 6.20 Å². The van der Waals surface area contributed by atoms with Gasteiger partial charge >= 0.3 is 5.69 Å². The molecule has 0 aliphatic carbocycles. The molecule has 1 heterocycles. The lowest BCUT2D eigenvalue weighted by atomic mass is 10.0.